The van der Waals surface area contributed by atoms with Gasteiger partial charge in [-0.2, -0.15) is 0 Å². The maximum atomic E-state index is 12.7. The number of amides is 1. The quantitative estimate of drug-likeness (QED) is 0.263. The van der Waals surface area contributed by atoms with E-state index in [9.17, 15) is 4.79 Å². The molecule has 4 rings (SSSR count). The monoisotopic (exact) mass is 433 g/mol. The van der Waals surface area contributed by atoms with E-state index in [0.717, 1.165) is 38.5 Å². The van der Waals surface area contributed by atoms with Gasteiger partial charge in [-0.3, -0.25) is 4.79 Å². The van der Waals surface area contributed by atoms with Crippen molar-refractivity contribution in [3.05, 3.63) is 71.9 Å². The first-order valence-electron chi connectivity index (χ1n) is 9.96. The van der Waals surface area contributed by atoms with E-state index in [4.69, 9.17) is 0 Å². The molecule has 2 heterocycles. The van der Waals surface area contributed by atoms with E-state index in [1.165, 1.54) is 17.3 Å². The van der Waals surface area contributed by atoms with Gasteiger partial charge >= 0.3 is 0 Å². The van der Waals surface area contributed by atoms with Crippen LogP contribution in [0.5, 0.6) is 0 Å². The number of hydrogen-bond acceptors (Lipinski definition) is 5. The Balaban J connectivity index is 1.54. The Bertz CT molecular complexity index is 1160. The number of carbonyl (C=O) groups excluding carboxylic acids is 1. The fourth-order valence-corrected chi connectivity index (χ4v) is 5.16. The van der Waals surface area contributed by atoms with Crippen LogP contribution in [-0.2, 0) is 4.79 Å². The van der Waals surface area contributed by atoms with Crippen molar-refractivity contribution >= 4 is 44.9 Å². The molecule has 1 atom stereocenters. The number of benzene rings is 2. The van der Waals surface area contributed by atoms with E-state index in [0.29, 0.717) is 11.7 Å². The first-order chi connectivity index (χ1) is 14.7. The van der Waals surface area contributed by atoms with Gasteiger partial charge in [0.15, 0.2) is 0 Å². The average molecular weight is 434 g/mol. The molecule has 0 aliphatic rings. The van der Waals surface area contributed by atoms with Crippen LogP contribution in [0.15, 0.2) is 71.3 Å². The minimum atomic E-state index is -0.0287. The highest BCUT2D eigenvalue weighted by Crippen LogP contribution is 2.37. The number of aromatic nitrogens is 2. The minimum absolute atomic E-state index is 0.0287. The molecule has 0 aliphatic carbocycles. The van der Waals surface area contributed by atoms with Crippen molar-refractivity contribution in [1.29, 1.82) is 0 Å². The second-order valence-electron chi connectivity index (χ2n) is 7.11. The third-order valence-electron chi connectivity index (χ3n) is 5.14. The number of rotatable bonds is 7. The predicted molar refractivity (Wildman–Crippen MR) is 127 cm³/mol. The van der Waals surface area contributed by atoms with Crippen molar-refractivity contribution in [2.45, 2.75) is 31.2 Å². The number of carbonyl (C=O) groups is 1. The van der Waals surface area contributed by atoms with Gasteiger partial charge in [0.05, 0.1) is 11.1 Å². The van der Waals surface area contributed by atoms with Gasteiger partial charge < -0.3 is 5.32 Å². The summed E-state index contributed by atoms with van der Waals surface area (Å²) in [6.07, 6.45) is 2.60. The Kier molecular flexibility index (Phi) is 6.45. The number of thiophene rings is 1. The Morgan fingerprint density at radius 3 is 2.67 bits per heavy atom. The SMILES string of the molecule is CC[C@H](C)c1ccccc1NC(=O)CSc1ncnc2scc(-c3ccccc3)c12. The number of nitrogens with one attached hydrogen (secondary N) is 1. The molecular weight excluding hydrogens is 410 g/mol. The molecule has 0 fully saturated rings. The molecule has 4 aromatic rings. The molecule has 30 heavy (non-hydrogen) atoms. The van der Waals surface area contributed by atoms with E-state index < -0.39 is 0 Å². The summed E-state index contributed by atoms with van der Waals surface area (Å²) in [4.78, 5) is 22.5. The van der Waals surface area contributed by atoms with Crippen molar-refractivity contribution in [3.8, 4) is 11.1 Å². The molecule has 1 N–H and O–H groups in total. The molecule has 152 valence electrons. The molecule has 1 amide bonds. The third-order valence-corrected chi connectivity index (χ3v) is 7.01. The Morgan fingerprint density at radius 1 is 1.10 bits per heavy atom. The maximum Gasteiger partial charge on any atom is 0.234 e. The summed E-state index contributed by atoms with van der Waals surface area (Å²) in [6, 6.07) is 18.3. The van der Waals surface area contributed by atoms with Gasteiger partial charge in [0.25, 0.3) is 0 Å². The van der Waals surface area contributed by atoms with Crippen molar-refractivity contribution in [2.24, 2.45) is 0 Å². The summed E-state index contributed by atoms with van der Waals surface area (Å²) in [5.41, 5.74) is 4.31. The smallest absolute Gasteiger partial charge is 0.234 e. The second kappa shape index (κ2) is 9.41. The topological polar surface area (TPSA) is 54.9 Å². The fourth-order valence-electron chi connectivity index (χ4n) is 3.37. The summed E-state index contributed by atoms with van der Waals surface area (Å²) >= 11 is 3.06. The Hall–Kier alpha value is -2.70. The summed E-state index contributed by atoms with van der Waals surface area (Å²) in [7, 11) is 0. The molecule has 4 nitrogen and oxygen atoms in total. The molecular formula is C24H23N3OS2. The van der Waals surface area contributed by atoms with Crippen LogP contribution in [0, 0.1) is 0 Å². The lowest BCUT2D eigenvalue weighted by Gasteiger charge is -2.15. The van der Waals surface area contributed by atoms with Crippen LogP contribution in [0.2, 0.25) is 0 Å². The van der Waals surface area contributed by atoms with Crippen LogP contribution in [0.1, 0.15) is 31.7 Å². The van der Waals surface area contributed by atoms with Gasteiger partial charge in [0, 0.05) is 16.6 Å². The van der Waals surface area contributed by atoms with E-state index in [1.807, 2.05) is 36.4 Å². The maximum absolute atomic E-state index is 12.7. The molecule has 0 aliphatic heterocycles. The summed E-state index contributed by atoms with van der Waals surface area (Å²) in [5, 5.41) is 7.05. The zero-order valence-electron chi connectivity index (χ0n) is 17.0. The zero-order valence-corrected chi connectivity index (χ0v) is 18.6. The lowest BCUT2D eigenvalue weighted by Crippen LogP contribution is -2.16. The van der Waals surface area contributed by atoms with Crippen LogP contribution in [0.4, 0.5) is 5.69 Å². The van der Waals surface area contributed by atoms with Gasteiger partial charge in [-0.15, -0.1) is 11.3 Å². The standard InChI is InChI=1S/C24H23N3OS2/c1-3-16(2)18-11-7-8-12-20(18)27-21(28)14-30-24-22-19(17-9-5-4-6-10-17)13-29-23(22)25-15-26-24/h4-13,15-16H,3,14H2,1-2H3,(H,27,28)/t16-/m0/s1. The van der Waals surface area contributed by atoms with Gasteiger partial charge in [0.2, 0.25) is 5.91 Å². The van der Waals surface area contributed by atoms with Crippen molar-refractivity contribution < 1.29 is 4.79 Å². The van der Waals surface area contributed by atoms with Crippen molar-refractivity contribution in [3.63, 3.8) is 0 Å². The van der Waals surface area contributed by atoms with Crippen LogP contribution in [0.25, 0.3) is 21.3 Å². The van der Waals surface area contributed by atoms with E-state index in [1.54, 1.807) is 17.7 Å². The van der Waals surface area contributed by atoms with Crippen LogP contribution in [-0.4, -0.2) is 21.6 Å². The van der Waals surface area contributed by atoms with Crippen molar-refractivity contribution in [2.75, 3.05) is 11.1 Å². The van der Waals surface area contributed by atoms with Crippen LogP contribution in [0.3, 0.4) is 0 Å². The lowest BCUT2D eigenvalue weighted by molar-refractivity contribution is -0.113. The van der Waals surface area contributed by atoms with E-state index in [2.05, 4.69) is 52.7 Å². The molecule has 0 saturated carbocycles. The predicted octanol–water partition coefficient (Wildman–Crippen LogP) is 6.60. The number of thioether (sulfide) groups is 1. The van der Waals surface area contributed by atoms with Gasteiger partial charge in [0.1, 0.15) is 16.2 Å². The van der Waals surface area contributed by atoms with E-state index in [-0.39, 0.29) is 5.91 Å². The van der Waals surface area contributed by atoms with Crippen LogP contribution >= 0.6 is 23.1 Å². The number of para-hydroxylation sites is 1. The lowest BCUT2D eigenvalue weighted by atomic mass is 9.97. The van der Waals surface area contributed by atoms with E-state index >= 15 is 0 Å². The average Bonchev–Trinajstić information content (AvgIpc) is 3.23. The highest BCUT2D eigenvalue weighted by atomic mass is 32.2. The van der Waals surface area contributed by atoms with Crippen LogP contribution < -0.4 is 5.32 Å². The molecule has 0 saturated heterocycles. The third kappa shape index (κ3) is 4.40. The number of anilines is 1. The van der Waals surface area contributed by atoms with Gasteiger partial charge in [-0.05, 0) is 29.5 Å². The summed E-state index contributed by atoms with van der Waals surface area (Å²) in [6.45, 7) is 4.34. The molecule has 0 radical (unpaired) electrons. The second-order valence-corrected chi connectivity index (χ2v) is 8.93. The zero-order chi connectivity index (χ0) is 20.9. The highest BCUT2D eigenvalue weighted by Gasteiger charge is 2.16. The molecule has 0 bridgehead atoms. The molecule has 0 spiro atoms. The summed E-state index contributed by atoms with van der Waals surface area (Å²) < 4.78 is 0. The summed E-state index contributed by atoms with van der Waals surface area (Å²) in [5.74, 6) is 0.666. The first kappa shape index (κ1) is 20.6. The molecule has 6 heteroatoms. The fraction of sp³-hybridized carbons (Fsp3) is 0.208. The largest absolute Gasteiger partial charge is 0.325 e. The molecule has 2 aromatic carbocycles. The normalized spacial score (nSPS) is 12.1. The Labute approximate surface area is 184 Å². The first-order valence-corrected chi connectivity index (χ1v) is 11.8. The highest BCUT2D eigenvalue weighted by molar-refractivity contribution is 8.00. The number of fused-ring (bicyclic) bond motifs is 1. The molecule has 0 unspecified atom stereocenters. The van der Waals surface area contributed by atoms with Gasteiger partial charge in [-0.25, -0.2) is 9.97 Å². The number of hydrogen-bond donors (Lipinski definition) is 1. The Morgan fingerprint density at radius 2 is 1.87 bits per heavy atom. The minimum Gasteiger partial charge on any atom is -0.325 e. The number of nitrogens with zero attached hydrogens (tertiary/aromatic N) is 2. The van der Waals surface area contributed by atoms with Gasteiger partial charge in [-0.1, -0.05) is 74.1 Å². The molecule has 2 aromatic heterocycles. The van der Waals surface area contributed by atoms with Crippen molar-refractivity contribution in [1.82, 2.24) is 9.97 Å².